The Morgan fingerprint density at radius 3 is 2.63 bits per heavy atom. The van der Waals surface area contributed by atoms with E-state index >= 15 is 0 Å². The number of anilines is 2. The van der Waals surface area contributed by atoms with Crippen LogP contribution in [0.1, 0.15) is 0 Å². The number of nitro benzene ring substituents is 1. The number of non-ortho nitro benzene ring substituents is 1. The fraction of sp³-hybridized carbons (Fsp3) is 0. The van der Waals surface area contributed by atoms with Gasteiger partial charge in [0.15, 0.2) is 5.13 Å². The van der Waals surface area contributed by atoms with Crippen molar-refractivity contribution < 1.29 is 14.1 Å². The van der Waals surface area contributed by atoms with Crippen LogP contribution < -0.4 is 16.3 Å². The molecule has 11 heteroatoms. The number of halogens is 1. The van der Waals surface area contributed by atoms with Crippen LogP contribution in [-0.2, 0) is 0 Å². The van der Waals surface area contributed by atoms with E-state index in [2.05, 4.69) is 15.6 Å². The van der Waals surface area contributed by atoms with Gasteiger partial charge in [0.05, 0.1) is 16.2 Å². The predicted octanol–water partition coefficient (Wildman–Crippen LogP) is 5.12. The smallest absolute Gasteiger partial charge is 0.345 e. The number of hydrogen-bond acceptors (Lipinski definition) is 7. The maximum Gasteiger partial charge on any atom is 0.345 e. The topological polar surface area (TPSA) is 127 Å². The molecule has 2 N–H and O–H groups in total. The molecule has 0 saturated heterocycles. The maximum atomic E-state index is 12.3. The number of urea groups is 1. The van der Waals surface area contributed by atoms with Gasteiger partial charge in [0.2, 0.25) is 0 Å². The molecule has 4 aromatic rings. The summed E-state index contributed by atoms with van der Waals surface area (Å²) in [5.41, 5.74) is 0.422. The monoisotopic (exact) mass is 442 g/mol. The molecule has 0 aliphatic carbocycles. The van der Waals surface area contributed by atoms with Gasteiger partial charge in [-0.05, 0) is 36.4 Å². The van der Waals surface area contributed by atoms with Gasteiger partial charge in [0.25, 0.3) is 5.69 Å². The first kappa shape index (κ1) is 19.6. The zero-order valence-electron chi connectivity index (χ0n) is 14.9. The second-order valence-corrected chi connectivity index (χ2v) is 7.35. The minimum absolute atomic E-state index is 0.123. The Balaban J connectivity index is 1.57. The molecular weight excluding hydrogens is 432 g/mol. The number of nitro groups is 1. The van der Waals surface area contributed by atoms with Crippen molar-refractivity contribution in [1.82, 2.24) is 4.98 Å². The van der Waals surface area contributed by atoms with E-state index in [9.17, 15) is 19.7 Å². The van der Waals surface area contributed by atoms with Crippen molar-refractivity contribution in [3.05, 3.63) is 79.5 Å². The van der Waals surface area contributed by atoms with Crippen molar-refractivity contribution in [2.45, 2.75) is 0 Å². The number of aromatic nitrogens is 1. The fourth-order valence-electron chi connectivity index (χ4n) is 2.65. The van der Waals surface area contributed by atoms with Gasteiger partial charge in [0.1, 0.15) is 5.58 Å². The Bertz CT molecular complexity index is 1330. The first-order valence-corrected chi connectivity index (χ1v) is 9.66. The minimum atomic E-state index is -0.640. The third-order valence-corrected chi connectivity index (χ3v) is 5.04. The standard InChI is InChI=1S/C19H11ClN4O5S/c20-11-1-3-12(4-2-11)21-18(26)23-19-22-15(9-30-19)14-8-10-7-13(24(27)28)5-6-16(10)29-17(14)25/h1-9H,(H2,21,22,23,26). The van der Waals surface area contributed by atoms with Crippen molar-refractivity contribution in [3.8, 4) is 11.3 Å². The number of hydrogen-bond donors (Lipinski definition) is 2. The molecule has 0 saturated carbocycles. The van der Waals surface area contributed by atoms with Crippen LogP contribution in [0.2, 0.25) is 5.02 Å². The Labute approximate surface area is 177 Å². The second-order valence-electron chi connectivity index (χ2n) is 6.05. The molecule has 2 amide bonds. The fourth-order valence-corrected chi connectivity index (χ4v) is 3.48. The van der Waals surface area contributed by atoms with Gasteiger partial charge in [-0.3, -0.25) is 15.4 Å². The summed E-state index contributed by atoms with van der Waals surface area (Å²) in [6, 6.07) is 11.5. The molecule has 0 unspecified atom stereocenters. The van der Waals surface area contributed by atoms with Crippen LogP contribution >= 0.6 is 22.9 Å². The molecule has 2 aromatic carbocycles. The molecule has 0 fully saturated rings. The van der Waals surface area contributed by atoms with Crippen molar-refractivity contribution in [2.75, 3.05) is 10.6 Å². The van der Waals surface area contributed by atoms with E-state index in [1.165, 1.54) is 24.3 Å². The maximum absolute atomic E-state index is 12.3. The Morgan fingerprint density at radius 1 is 1.13 bits per heavy atom. The summed E-state index contributed by atoms with van der Waals surface area (Å²) >= 11 is 6.92. The molecular formula is C19H11ClN4O5S. The number of rotatable bonds is 4. The second kappa shape index (κ2) is 7.93. The van der Waals surface area contributed by atoms with E-state index in [1.807, 2.05) is 0 Å². The molecule has 30 heavy (non-hydrogen) atoms. The Morgan fingerprint density at radius 2 is 1.90 bits per heavy atom. The molecule has 2 aromatic heterocycles. The minimum Gasteiger partial charge on any atom is -0.422 e. The Kier molecular flexibility index (Phi) is 5.17. The highest BCUT2D eigenvalue weighted by Gasteiger charge is 2.15. The van der Waals surface area contributed by atoms with Gasteiger partial charge in [-0.1, -0.05) is 11.6 Å². The normalized spacial score (nSPS) is 10.7. The van der Waals surface area contributed by atoms with Crippen LogP contribution in [0, 0.1) is 10.1 Å². The van der Waals surface area contributed by atoms with Crippen LogP contribution in [0.5, 0.6) is 0 Å². The lowest BCUT2D eigenvalue weighted by Gasteiger charge is -2.05. The lowest BCUT2D eigenvalue weighted by molar-refractivity contribution is -0.384. The molecule has 0 bridgehead atoms. The summed E-state index contributed by atoms with van der Waals surface area (Å²) in [4.78, 5) is 39.1. The number of nitrogens with one attached hydrogen (secondary N) is 2. The summed E-state index contributed by atoms with van der Waals surface area (Å²) < 4.78 is 5.24. The number of fused-ring (bicyclic) bond motifs is 1. The molecule has 0 aliphatic rings. The van der Waals surface area contributed by atoms with Crippen LogP contribution in [0.25, 0.3) is 22.2 Å². The summed E-state index contributed by atoms with van der Waals surface area (Å²) in [5, 5.41) is 19.0. The largest absolute Gasteiger partial charge is 0.422 e. The SMILES string of the molecule is O=C(Nc1ccc(Cl)cc1)Nc1nc(-c2cc3cc([N+](=O)[O-])ccc3oc2=O)cs1. The molecule has 0 spiro atoms. The summed E-state index contributed by atoms with van der Waals surface area (Å²) in [5.74, 6) is 0. The quantitative estimate of drug-likeness (QED) is 0.256. The number of nitrogens with zero attached hydrogens (tertiary/aromatic N) is 2. The number of thiazole rings is 1. The van der Waals surface area contributed by atoms with E-state index in [-0.39, 0.29) is 27.7 Å². The van der Waals surface area contributed by atoms with Crippen molar-refractivity contribution in [2.24, 2.45) is 0 Å². The van der Waals surface area contributed by atoms with Gasteiger partial charge in [-0.15, -0.1) is 11.3 Å². The van der Waals surface area contributed by atoms with Gasteiger partial charge in [0, 0.05) is 33.6 Å². The van der Waals surface area contributed by atoms with E-state index in [4.69, 9.17) is 16.0 Å². The number of carbonyl (C=O) groups excluding carboxylic acids is 1. The summed E-state index contributed by atoms with van der Waals surface area (Å²) in [7, 11) is 0. The van der Waals surface area contributed by atoms with Gasteiger partial charge >= 0.3 is 11.7 Å². The van der Waals surface area contributed by atoms with Gasteiger partial charge in [-0.25, -0.2) is 14.6 Å². The first-order chi connectivity index (χ1) is 14.4. The van der Waals surface area contributed by atoms with Crippen LogP contribution in [-0.4, -0.2) is 15.9 Å². The average Bonchev–Trinajstić information content (AvgIpc) is 3.16. The van der Waals surface area contributed by atoms with E-state index in [1.54, 1.807) is 29.6 Å². The number of benzene rings is 2. The molecule has 0 atom stereocenters. The summed E-state index contributed by atoms with van der Waals surface area (Å²) in [6.45, 7) is 0. The van der Waals surface area contributed by atoms with Crippen LogP contribution in [0.3, 0.4) is 0 Å². The third-order valence-electron chi connectivity index (χ3n) is 4.03. The zero-order valence-corrected chi connectivity index (χ0v) is 16.5. The molecule has 2 heterocycles. The highest BCUT2D eigenvalue weighted by Crippen LogP contribution is 2.27. The lowest BCUT2D eigenvalue weighted by Crippen LogP contribution is -2.19. The molecule has 0 aliphatic heterocycles. The average molecular weight is 443 g/mol. The molecule has 0 radical (unpaired) electrons. The Hall–Kier alpha value is -3.76. The molecule has 150 valence electrons. The van der Waals surface area contributed by atoms with Crippen molar-refractivity contribution in [1.29, 1.82) is 0 Å². The highest BCUT2D eigenvalue weighted by atomic mass is 35.5. The van der Waals surface area contributed by atoms with Crippen LogP contribution in [0.4, 0.5) is 21.3 Å². The lowest BCUT2D eigenvalue weighted by atomic mass is 10.1. The number of carbonyl (C=O) groups is 1. The zero-order chi connectivity index (χ0) is 21.3. The highest BCUT2D eigenvalue weighted by molar-refractivity contribution is 7.14. The first-order valence-electron chi connectivity index (χ1n) is 8.41. The summed E-state index contributed by atoms with van der Waals surface area (Å²) in [6.07, 6.45) is 0. The number of amides is 2. The van der Waals surface area contributed by atoms with Crippen molar-refractivity contribution >= 4 is 56.4 Å². The van der Waals surface area contributed by atoms with Crippen molar-refractivity contribution in [3.63, 3.8) is 0 Å². The molecule has 9 nitrogen and oxygen atoms in total. The van der Waals surface area contributed by atoms with Gasteiger partial charge < -0.3 is 9.73 Å². The van der Waals surface area contributed by atoms with E-state index < -0.39 is 16.6 Å². The van der Waals surface area contributed by atoms with Crippen LogP contribution in [0.15, 0.2) is 63.1 Å². The third kappa shape index (κ3) is 4.14. The van der Waals surface area contributed by atoms with Gasteiger partial charge in [-0.2, -0.15) is 0 Å². The molecule has 4 rings (SSSR count). The predicted molar refractivity (Wildman–Crippen MR) is 114 cm³/mol. The van der Waals surface area contributed by atoms with E-state index in [0.29, 0.717) is 16.1 Å². The van der Waals surface area contributed by atoms with E-state index in [0.717, 1.165) is 11.3 Å².